The Kier molecular flexibility index (Phi) is 3.16. The van der Waals surface area contributed by atoms with Crippen molar-refractivity contribution in [2.24, 2.45) is 11.1 Å². The molecule has 0 bridgehead atoms. The third-order valence-corrected chi connectivity index (χ3v) is 3.53. The fraction of sp³-hybridized carbons (Fsp3) is 0.556. The van der Waals surface area contributed by atoms with Crippen LogP contribution in [-0.2, 0) is 21.4 Å². The molecule has 17 heavy (non-hydrogen) atoms. The van der Waals surface area contributed by atoms with Gasteiger partial charge in [0.1, 0.15) is 5.76 Å². The van der Waals surface area contributed by atoms with Crippen LogP contribution in [0.5, 0.6) is 0 Å². The topological polar surface area (TPSA) is 106 Å². The first kappa shape index (κ1) is 12.1. The van der Waals surface area contributed by atoms with Gasteiger partial charge in [0.15, 0.2) is 6.39 Å². The molecular weight excluding hydrogens is 246 g/mol. The number of sulfonamides is 1. The molecular formula is C9H13N3O4S. The molecule has 1 atom stereocenters. The fourth-order valence-corrected chi connectivity index (χ4v) is 2.84. The smallest absolute Gasteiger partial charge is 0.223 e. The molecule has 0 aromatic carbocycles. The summed E-state index contributed by atoms with van der Waals surface area (Å²) in [5.41, 5.74) is 0. The van der Waals surface area contributed by atoms with Gasteiger partial charge >= 0.3 is 0 Å². The third-order valence-electron chi connectivity index (χ3n) is 2.59. The molecule has 2 rings (SSSR count). The van der Waals surface area contributed by atoms with Crippen molar-refractivity contribution < 1.29 is 17.6 Å². The summed E-state index contributed by atoms with van der Waals surface area (Å²) >= 11 is 0. The maximum absolute atomic E-state index is 11.6. The van der Waals surface area contributed by atoms with Gasteiger partial charge in [-0.2, -0.15) is 0 Å². The Balaban J connectivity index is 1.96. The summed E-state index contributed by atoms with van der Waals surface area (Å²) in [5, 5.41) is 4.96. The van der Waals surface area contributed by atoms with Gasteiger partial charge in [-0.15, -0.1) is 0 Å². The van der Waals surface area contributed by atoms with E-state index in [-0.39, 0.29) is 24.0 Å². The van der Waals surface area contributed by atoms with Gasteiger partial charge in [-0.05, 0) is 0 Å². The number of carbonyl (C=O) groups excluding carboxylic acids is 1. The van der Waals surface area contributed by atoms with Gasteiger partial charge in [0.2, 0.25) is 15.9 Å². The van der Waals surface area contributed by atoms with Crippen LogP contribution in [0.3, 0.4) is 0 Å². The standard InChI is InChI=1S/C9H13N3O4S/c10-17(14,15)5-7-1-9(13)12(3-7)4-8-2-11-6-16-8/h2,6-7H,1,3-5H2,(H2,10,14,15). The molecule has 1 fully saturated rings. The number of primary sulfonamides is 1. The number of hydrogen-bond acceptors (Lipinski definition) is 5. The lowest BCUT2D eigenvalue weighted by atomic mass is 10.1. The zero-order valence-corrected chi connectivity index (χ0v) is 9.89. The number of oxazole rings is 1. The second-order valence-corrected chi connectivity index (χ2v) is 5.80. The molecule has 7 nitrogen and oxygen atoms in total. The van der Waals surface area contributed by atoms with Crippen LogP contribution in [0.2, 0.25) is 0 Å². The van der Waals surface area contributed by atoms with Gasteiger partial charge in [-0.25, -0.2) is 18.5 Å². The van der Waals surface area contributed by atoms with E-state index < -0.39 is 10.0 Å². The quantitative estimate of drug-likeness (QED) is 0.770. The van der Waals surface area contributed by atoms with Gasteiger partial charge in [-0.1, -0.05) is 0 Å². The lowest BCUT2D eigenvalue weighted by Crippen LogP contribution is -2.27. The molecule has 1 unspecified atom stereocenters. The molecule has 0 aliphatic carbocycles. The lowest BCUT2D eigenvalue weighted by Gasteiger charge is -2.14. The Labute approximate surface area is 98.7 Å². The first-order chi connectivity index (χ1) is 7.94. The van der Waals surface area contributed by atoms with E-state index in [9.17, 15) is 13.2 Å². The van der Waals surface area contributed by atoms with Crippen molar-refractivity contribution in [3.8, 4) is 0 Å². The van der Waals surface area contributed by atoms with Crippen molar-refractivity contribution in [3.63, 3.8) is 0 Å². The highest BCUT2D eigenvalue weighted by molar-refractivity contribution is 7.89. The Hall–Kier alpha value is -1.41. The highest BCUT2D eigenvalue weighted by atomic mass is 32.2. The summed E-state index contributed by atoms with van der Waals surface area (Å²) in [6.45, 7) is 0.704. The van der Waals surface area contributed by atoms with Crippen LogP contribution in [0, 0.1) is 5.92 Å². The number of hydrogen-bond donors (Lipinski definition) is 1. The lowest BCUT2D eigenvalue weighted by molar-refractivity contribution is -0.128. The van der Waals surface area contributed by atoms with Crippen molar-refractivity contribution >= 4 is 15.9 Å². The molecule has 0 saturated carbocycles. The minimum absolute atomic E-state index is 0.0879. The van der Waals surface area contributed by atoms with Crippen LogP contribution >= 0.6 is 0 Å². The van der Waals surface area contributed by atoms with E-state index in [1.54, 1.807) is 4.90 Å². The zero-order chi connectivity index (χ0) is 12.5. The average molecular weight is 259 g/mol. The SMILES string of the molecule is NS(=O)(=O)CC1CC(=O)N(Cc2cnco2)C1. The fourth-order valence-electron chi connectivity index (χ4n) is 1.96. The molecule has 0 radical (unpaired) electrons. The summed E-state index contributed by atoms with van der Waals surface area (Å²) < 4.78 is 26.9. The van der Waals surface area contributed by atoms with Gasteiger partial charge in [0.05, 0.1) is 18.5 Å². The van der Waals surface area contributed by atoms with Crippen LogP contribution in [-0.4, -0.2) is 36.5 Å². The minimum atomic E-state index is -3.53. The predicted molar refractivity (Wildman–Crippen MR) is 58.0 cm³/mol. The molecule has 8 heteroatoms. The normalized spacial score (nSPS) is 21.1. The molecule has 1 aliphatic heterocycles. The maximum Gasteiger partial charge on any atom is 0.223 e. The molecule has 1 amide bonds. The highest BCUT2D eigenvalue weighted by Crippen LogP contribution is 2.20. The van der Waals surface area contributed by atoms with E-state index in [1.165, 1.54) is 12.6 Å². The van der Waals surface area contributed by atoms with Crippen LogP contribution in [0.15, 0.2) is 17.0 Å². The minimum Gasteiger partial charge on any atom is -0.447 e. The van der Waals surface area contributed by atoms with Gasteiger partial charge in [-0.3, -0.25) is 4.79 Å². The van der Waals surface area contributed by atoms with Gasteiger partial charge in [0, 0.05) is 18.9 Å². The highest BCUT2D eigenvalue weighted by Gasteiger charge is 2.32. The van der Waals surface area contributed by atoms with E-state index in [1.807, 2.05) is 0 Å². The Morgan fingerprint density at radius 3 is 2.94 bits per heavy atom. The van der Waals surface area contributed by atoms with Gasteiger partial charge < -0.3 is 9.32 Å². The van der Waals surface area contributed by atoms with Crippen molar-refractivity contribution in [3.05, 3.63) is 18.4 Å². The monoisotopic (exact) mass is 259 g/mol. The number of rotatable bonds is 4. The van der Waals surface area contributed by atoms with E-state index in [4.69, 9.17) is 9.56 Å². The Bertz CT molecular complexity index is 496. The molecule has 1 aromatic rings. The van der Waals surface area contributed by atoms with Crippen LogP contribution in [0.25, 0.3) is 0 Å². The van der Waals surface area contributed by atoms with E-state index in [0.29, 0.717) is 18.8 Å². The number of nitrogens with two attached hydrogens (primary N) is 1. The summed E-state index contributed by atoms with van der Waals surface area (Å²) in [4.78, 5) is 16.9. The largest absolute Gasteiger partial charge is 0.447 e. The molecule has 2 heterocycles. The molecule has 1 aromatic heterocycles. The van der Waals surface area contributed by atoms with E-state index >= 15 is 0 Å². The predicted octanol–water partition coefficient (Wildman–Crippen LogP) is -0.688. The molecule has 1 saturated heterocycles. The second-order valence-electron chi connectivity index (χ2n) is 4.14. The van der Waals surface area contributed by atoms with E-state index in [0.717, 1.165) is 0 Å². The number of carbonyl (C=O) groups is 1. The van der Waals surface area contributed by atoms with Crippen LogP contribution < -0.4 is 5.14 Å². The average Bonchev–Trinajstić information content (AvgIpc) is 2.75. The number of aromatic nitrogens is 1. The first-order valence-corrected chi connectivity index (χ1v) is 6.81. The molecule has 94 valence electrons. The van der Waals surface area contributed by atoms with Crippen molar-refractivity contribution in [1.82, 2.24) is 9.88 Å². The summed E-state index contributed by atoms with van der Waals surface area (Å²) in [6.07, 6.45) is 3.03. The van der Waals surface area contributed by atoms with E-state index in [2.05, 4.69) is 4.98 Å². The second kappa shape index (κ2) is 4.46. The van der Waals surface area contributed by atoms with Crippen molar-refractivity contribution in [2.75, 3.05) is 12.3 Å². The summed E-state index contributed by atoms with van der Waals surface area (Å²) in [7, 11) is -3.53. The first-order valence-electron chi connectivity index (χ1n) is 5.09. The molecule has 0 spiro atoms. The zero-order valence-electron chi connectivity index (χ0n) is 9.07. The number of likely N-dealkylation sites (tertiary alicyclic amines) is 1. The summed E-state index contributed by atoms with van der Waals surface area (Å²) in [5.74, 6) is 0.0936. The van der Waals surface area contributed by atoms with Crippen LogP contribution in [0.1, 0.15) is 12.2 Å². The molecule has 2 N–H and O–H groups in total. The third kappa shape index (κ3) is 3.27. The number of nitrogens with zero attached hydrogens (tertiary/aromatic N) is 2. The summed E-state index contributed by atoms with van der Waals surface area (Å²) in [6, 6.07) is 0. The van der Waals surface area contributed by atoms with Crippen molar-refractivity contribution in [1.29, 1.82) is 0 Å². The number of amides is 1. The van der Waals surface area contributed by atoms with Crippen LogP contribution in [0.4, 0.5) is 0 Å². The Morgan fingerprint density at radius 2 is 2.35 bits per heavy atom. The maximum atomic E-state index is 11.6. The Morgan fingerprint density at radius 1 is 1.59 bits per heavy atom. The van der Waals surface area contributed by atoms with Crippen molar-refractivity contribution in [2.45, 2.75) is 13.0 Å². The van der Waals surface area contributed by atoms with Gasteiger partial charge in [0.25, 0.3) is 0 Å². The molecule has 1 aliphatic rings.